The van der Waals surface area contributed by atoms with Crippen molar-refractivity contribution in [3.05, 3.63) is 53.6 Å². The zero-order valence-corrected chi connectivity index (χ0v) is 18.3. The van der Waals surface area contributed by atoms with Gasteiger partial charge in [-0.2, -0.15) is 4.31 Å². The maximum atomic E-state index is 13.1. The number of benzene rings is 2. The molecule has 1 fully saturated rings. The van der Waals surface area contributed by atoms with Crippen LogP contribution in [0.2, 0.25) is 0 Å². The van der Waals surface area contributed by atoms with E-state index in [-0.39, 0.29) is 29.8 Å². The molecule has 8 nitrogen and oxygen atoms in total. The van der Waals surface area contributed by atoms with Crippen molar-refractivity contribution in [2.75, 3.05) is 31.5 Å². The summed E-state index contributed by atoms with van der Waals surface area (Å²) in [5, 5.41) is 2.72. The predicted octanol–water partition coefficient (Wildman–Crippen LogP) is 2.25. The molecule has 0 spiro atoms. The van der Waals surface area contributed by atoms with Crippen LogP contribution in [0.3, 0.4) is 0 Å². The van der Waals surface area contributed by atoms with Gasteiger partial charge in [-0.3, -0.25) is 9.59 Å². The fourth-order valence-electron chi connectivity index (χ4n) is 3.80. The first kappa shape index (κ1) is 21.3. The van der Waals surface area contributed by atoms with Gasteiger partial charge in [0.15, 0.2) is 6.10 Å². The van der Waals surface area contributed by atoms with E-state index in [9.17, 15) is 18.0 Å². The third kappa shape index (κ3) is 4.15. The first-order chi connectivity index (χ1) is 14.8. The molecule has 2 aromatic carbocycles. The number of fused-ring (bicyclic) bond motifs is 1. The van der Waals surface area contributed by atoms with Crippen LogP contribution in [0.4, 0.5) is 5.69 Å². The molecule has 1 atom stereocenters. The maximum Gasteiger partial charge on any atom is 0.265 e. The Hall–Kier alpha value is -2.91. The van der Waals surface area contributed by atoms with Gasteiger partial charge in [-0.1, -0.05) is 24.6 Å². The Bertz CT molecular complexity index is 1120. The molecule has 31 heavy (non-hydrogen) atoms. The van der Waals surface area contributed by atoms with E-state index in [1.165, 1.54) is 16.4 Å². The highest BCUT2D eigenvalue weighted by Crippen LogP contribution is 2.33. The van der Waals surface area contributed by atoms with E-state index in [1.54, 1.807) is 17.0 Å². The Morgan fingerprint density at radius 3 is 2.55 bits per heavy atom. The Morgan fingerprint density at radius 1 is 1.13 bits per heavy atom. The Balaban J connectivity index is 1.47. The van der Waals surface area contributed by atoms with Crippen LogP contribution >= 0.6 is 0 Å². The number of carbonyl (C=O) groups excluding carboxylic acids is 2. The molecule has 9 heteroatoms. The van der Waals surface area contributed by atoms with Gasteiger partial charge in [-0.25, -0.2) is 8.42 Å². The van der Waals surface area contributed by atoms with Crippen LogP contribution in [0.5, 0.6) is 5.75 Å². The quantitative estimate of drug-likeness (QED) is 0.782. The third-order valence-electron chi connectivity index (χ3n) is 5.57. The number of rotatable bonds is 4. The summed E-state index contributed by atoms with van der Waals surface area (Å²) in [6, 6.07) is 11.9. The van der Waals surface area contributed by atoms with Gasteiger partial charge < -0.3 is 15.0 Å². The van der Waals surface area contributed by atoms with Gasteiger partial charge >= 0.3 is 0 Å². The second-order valence-corrected chi connectivity index (χ2v) is 9.67. The number of hydrogen-bond acceptors (Lipinski definition) is 5. The average Bonchev–Trinajstić information content (AvgIpc) is 2.77. The highest BCUT2D eigenvalue weighted by molar-refractivity contribution is 7.89. The van der Waals surface area contributed by atoms with Crippen molar-refractivity contribution in [2.24, 2.45) is 0 Å². The summed E-state index contributed by atoms with van der Waals surface area (Å²) in [5.41, 5.74) is 1.96. The summed E-state index contributed by atoms with van der Waals surface area (Å²) >= 11 is 0. The van der Waals surface area contributed by atoms with E-state index in [0.717, 1.165) is 5.56 Å². The van der Waals surface area contributed by atoms with E-state index in [1.807, 2.05) is 32.0 Å². The van der Waals surface area contributed by atoms with Gasteiger partial charge in [0.2, 0.25) is 10.0 Å². The second kappa shape index (κ2) is 8.32. The number of nitrogens with zero attached hydrogens (tertiary/aromatic N) is 2. The average molecular weight is 444 g/mol. The number of ether oxygens (including phenoxy) is 1. The predicted molar refractivity (Wildman–Crippen MR) is 116 cm³/mol. The molecule has 1 saturated heterocycles. The smallest absolute Gasteiger partial charge is 0.265 e. The van der Waals surface area contributed by atoms with E-state index < -0.39 is 16.1 Å². The van der Waals surface area contributed by atoms with Crippen LogP contribution in [0.25, 0.3) is 0 Å². The van der Waals surface area contributed by atoms with Gasteiger partial charge in [0.1, 0.15) is 5.75 Å². The van der Waals surface area contributed by atoms with Crippen molar-refractivity contribution in [3.8, 4) is 5.75 Å². The van der Waals surface area contributed by atoms with Crippen molar-refractivity contribution in [3.63, 3.8) is 0 Å². The topological polar surface area (TPSA) is 96.0 Å². The summed E-state index contributed by atoms with van der Waals surface area (Å²) < 4.78 is 33.3. The lowest BCUT2D eigenvalue weighted by Crippen LogP contribution is -2.50. The molecule has 164 valence electrons. The van der Waals surface area contributed by atoms with Gasteiger partial charge in [-0.05, 0) is 43.7 Å². The SMILES string of the molecule is CC[C@H]1Oc2ccc(S(=O)(=O)N3CCN(C(=O)c4cccc(C)c4)CC3)cc2NC1=O. The van der Waals surface area contributed by atoms with Crippen LogP contribution in [0.1, 0.15) is 29.3 Å². The molecule has 0 radical (unpaired) electrons. The zero-order valence-electron chi connectivity index (χ0n) is 17.5. The number of amides is 2. The van der Waals surface area contributed by atoms with Crippen molar-refractivity contribution in [1.29, 1.82) is 0 Å². The first-order valence-corrected chi connectivity index (χ1v) is 11.7. The lowest BCUT2D eigenvalue weighted by molar-refractivity contribution is -0.123. The van der Waals surface area contributed by atoms with Crippen LogP contribution < -0.4 is 10.1 Å². The number of nitrogens with one attached hydrogen (secondary N) is 1. The van der Waals surface area contributed by atoms with Gasteiger partial charge in [0.25, 0.3) is 11.8 Å². The minimum Gasteiger partial charge on any atom is -0.478 e. The van der Waals surface area contributed by atoms with Gasteiger partial charge in [-0.15, -0.1) is 0 Å². The van der Waals surface area contributed by atoms with Crippen LogP contribution in [0, 0.1) is 6.92 Å². The minimum atomic E-state index is -3.76. The summed E-state index contributed by atoms with van der Waals surface area (Å²) in [6.45, 7) is 4.81. The zero-order chi connectivity index (χ0) is 22.2. The summed E-state index contributed by atoms with van der Waals surface area (Å²) in [4.78, 5) is 26.5. The lowest BCUT2D eigenvalue weighted by atomic mass is 10.1. The molecule has 0 bridgehead atoms. The molecular weight excluding hydrogens is 418 g/mol. The summed E-state index contributed by atoms with van der Waals surface area (Å²) in [7, 11) is -3.76. The fourth-order valence-corrected chi connectivity index (χ4v) is 5.25. The standard InChI is InChI=1S/C22H25N3O5S/c1-3-19-21(26)23-18-14-17(7-8-20(18)30-19)31(28,29)25-11-9-24(10-12-25)22(27)16-6-4-5-15(2)13-16/h4-8,13-14,19H,3,9-12H2,1-2H3,(H,23,26)/t19-/m1/s1. The molecule has 0 saturated carbocycles. The molecule has 2 amide bonds. The molecule has 2 heterocycles. The monoisotopic (exact) mass is 443 g/mol. The van der Waals surface area contributed by atoms with E-state index >= 15 is 0 Å². The molecule has 0 unspecified atom stereocenters. The molecule has 2 aliphatic rings. The fraction of sp³-hybridized carbons (Fsp3) is 0.364. The van der Waals surface area contributed by atoms with Crippen LogP contribution in [-0.4, -0.2) is 61.7 Å². The molecule has 1 N–H and O–H groups in total. The summed E-state index contributed by atoms with van der Waals surface area (Å²) in [5.74, 6) is 0.0756. The molecular formula is C22H25N3O5S. The number of sulfonamides is 1. The van der Waals surface area contributed by atoms with Crippen molar-refractivity contribution in [2.45, 2.75) is 31.3 Å². The summed E-state index contributed by atoms with van der Waals surface area (Å²) in [6.07, 6.45) is -0.0504. The third-order valence-corrected chi connectivity index (χ3v) is 7.46. The van der Waals surface area contributed by atoms with Gasteiger partial charge in [0.05, 0.1) is 10.6 Å². The van der Waals surface area contributed by atoms with E-state index in [0.29, 0.717) is 36.5 Å². The van der Waals surface area contributed by atoms with Crippen molar-refractivity contribution >= 4 is 27.5 Å². The second-order valence-electron chi connectivity index (χ2n) is 7.73. The van der Waals surface area contributed by atoms with Gasteiger partial charge in [0, 0.05) is 31.7 Å². The Morgan fingerprint density at radius 2 is 1.87 bits per heavy atom. The Kier molecular flexibility index (Phi) is 5.72. The molecule has 4 rings (SSSR count). The number of hydrogen-bond donors (Lipinski definition) is 1. The number of aryl methyl sites for hydroxylation is 1. The highest BCUT2D eigenvalue weighted by atomic mass is 32.2. The lowest BCUT2D eigenvalue weighted by Gasteiger charge is -2.34. The number of carbonyl (C=O) groups is 2. The van der Waals surface area contributed by atoms with E-state index in [4.69, 9.17) is 4.74 Å². The largest absolute Gasteiger partial charge is 0.478 e. The molecule has 0 aliphatic carbocycles. The molecule has 2 aliphatic heterocycles. The minimum absolute atomic E-state index is 0.0866. The number of piperazine rings is 1. The Labute approximate surface area is 181 Å². The van der Waals surface area contributed by atoms with Crippen molar-refractivity contribution in [1.82, 2.24) is 9.21 Å². The number of anilines is 1. The van der Waals surface area contributed by atoms with Crippen LogP contribution in [0.15, 0.2) is 47.4 Å². The van der Waals surface area contributed by atoms with E-state index in [2.05, 4.69) is 5.32 Å². The highest BCUT2D eigenvalue weighted by Gasteiger charge is 2.32. The first-order valence-electron chi connectivity index (χ1n) is 10.3. The maximum absolute atomic E-state index is 13.1. The normalized spacial score (nSPS) is 19.4. The van der Waals surface area contributed by atoms with Crippen LogP contribution in [-0.2, 0) is 14.8 Å². The molecule has 0 aromatic heterocycles. The van der Waals surface area contributed by atoms with Crippen molar-refractivity contribution < 1.29 is 22.7 Å². The molecule has 2 aromatic rings.